The summed E-state index contributed by atoms with van der Waals surface area (Å²) >= 11 is 0. The van der Waals surface area contributed by atoms with Gasteiger partial charge in [0.25, 0.3) is 0 Å². The zero-order valence-electron chi connectivity index (χ0n) is 8.02. The fourth-order valence-corrected chi connectivity index (χ4v) is 2.56. The topological polar surface area (TPSA) is 35.2 Å². The highest BCUT2D eigenvalue weighted by atomic mass is 33.1. The normalized spacial score (nSPS) is 10.1. The van der Waals surface area contributed by atoms with E-state index in [1.165, 1.54) is 0 Å². The van der Waals surface area contributed by atoms with Gasteiger partial charge in [-0.3, -0.25) is 0 Å². The van der Waals surface area contributed by atoms with Crippen LogP contribution in [0.5, 0.6) is 5.75 Å². The molecule has 0 heterocycles. The van der Waals surface area contributed by atoms with Crippen molar-refractivity contribution in [2.45, 2.75) is 0 Å². The Balaban J connectivity index is 1.99. The Morgan fingerprint density at radius 3 is 2.50 bits per heavy atom. The van der Waals surface area contributed by atoms with E-state index in [0.29, 0.717) is 0 Å². The molecule has 0 saturated heterocycles. The number of benzene rings is 1. The lowest BCUT2D eigenvalue weighted by Crippen LogP contribution is -2.01. The molecule has 0 unspecified atom stereocenters. The summed E-state index contributed by atoms with van der Waals surface area (Å²) in [7, 11) is 3.61. The van der Waals surface area contributed by atoms with Gasteiger partial charge in [0, 0.05) is 18.1 Å². The van der Waals surface area contributed by atoms with E-state index < -0.39 is 0 Å². The Bertz CT molecular complexity index is 231. The van der Waals surface area contributed by atoms with Crippen LogP contribution < -0.4 is 10.5 Å². The Labute approximate surface area is 93.0 Å². The Morgan fingerprint density at radius 2 is 1.79 bits per heavy atom. The first-order valence-corrected chi connectivity index (χ1v) is 7.04. The van der Waals surface area contributed by atoms with Crippen LogP contribution in [0.4, 0.5) is 0 Å². The van der Waals surface area contributed by atoms with Gasteiger partial charge < -0.3 is 10.5 Å². The lowest BCUT2D eigenvalue weighted by atomic mass is 10.3. The third-order valence-electron chi connectivity index (χ3n) is 1.46. The molecule has 0 bridgehead atoms. The van der Waals surface area contributed by atoms with Gasteiger partial charge in [0.15, 0.2) is 0 Å². The Hall–Kier alpha value is -0.320. The number of hydrogen-bond donors (Lipinski definition) is 1. The molecule has 1 aromatic carbocycles. The van der Waals surface area contributed by atoms with Crippen LogP contribution in [-0.2, 0) is 0 Å². The monoisotopic (exact) mass is 229 g/mol. The smallest absolute Gasteiger partial charge is 0.119 e. The zero-order chi connectivity index (χ0) is 10.1. The number of para-hydroxylation sites is 1. The largest absolute Gasteiger partial charge is 0.493 e. The van der Waals surface area contributed by atoms with Gasteiger partial charge in [0.1, 0.15) is 5.75 Å². The molecule has 14 heavy (non-hydrogen) atoms. The molecule has 2 N–H and O–H groups in total. The quantitative estimate of drug-likeness (QED) is 0.575. The van der Waals surface area contributed by atoms with Gasteiger partial charge in [0.2, 0.25) is 0 Å². The highest BCUT2D eigenvalue weighted by molar-refractivity contribution is 8.76. The van der Waals surface area contributed by atoms with E-state index in [0.717, 1.165) is 30.4 Å². The summed E-state index contributed by atoms with van der Waals surface area (Å²) in [6.07, 6.45) is 0. The Kier molecular flexibility index (Phi) is 6.74. The van der Waals surface area contributed by atoms with Crippen LogP contribution in [0.1, 0.15) is 0 Å². The maximum Gasteiger partial charge on any atom is 0.119 e. The number of rotatable bonds is 7. The first-order valence-electron chi connectivity index (χ1n) is 4.56. The van der Waals surface area contributed by atoms with Crippen LogP contribution in [0.3, 0.4) is 0 Å². The summed E-state index contributed by atoms with van der Waals surface area (Å²) in [5.74, 6) is 2.95. The third-order valence-corrected chi connectivity index (χ3v) is 3.87. The number of nitrogens with two attached hydrogens (primary N) is 1. The highest BCUT2D eigenvalue weighted by Crippen LogP contribution is 2.20. The van der Waals surface area contributed by atoms with E-state index in [4.69, 9.17) is 10.5 Å². The van der Waals surface area contributed by atoms with E-state index >= 15 is 0 Å². The van der Waals surface area contributed by atoms with Gasteiger partial charge in [-0.2, -0.15) is 0 Å². The minimum atomic E-state index is 0.747. The SMILES string of the molecule is NCCSSCCOc1ccccc1. The predicted molar refractivity (Wildman–Crippen MR) is 65.9 cm³/mol. The van der Waals surface area contributed by atoms with Gasteiger partial charge in [-0.1, -0.05) is 39.8 Å². The molecule has 0 spiro atoms. The molecule has 0 amide bonds. The maximum absolute atomic E-state index is 5.52. The molecule has 78 valence electrons. The van der Waals surface area contributed by atoms with E-state index in [9.17, 15) is 0 Å². The van der Waals surface area contributed by atoms with Crippen molar-refractivity contribution < 1.29 is 4.74 Å². The standard InChI is InChI=1S/C10H15NOS2/c11-6-8-13-14-9-7-12-10-4-2-1-3-5-10/h1-5H,6-9,11H2. The summed E-state index contributed by atoms with van der Waals surface area (Å²) in [6, 6.07) is 9.88. The molecule has 4 heteroatoms. The summed E-state index contributed by atoms with van der Waals surface area (Å²) in [5, 5.41) is 0. The average molecular weight is 229 g/mol. The molecule has 0 atom stereocenters. The van der Waals surface area contributed by atoms with Crippen LogP contribution >= 0.6 is 21.6 Å². The van der Waals surface area contributed by atoms with Crippen LogP contribution in [-0.4, -0.2) is 24.7 Å². The van der Waals surface area contributed by atoms with Crippen molar-refractivity contribution in [3.63, 3.8) is 0 Å². The lowest BCUT2D eigenvalue weighted by molar-refractivity contribution is 0.344. The van der Waals surface area contributed by atoms with Crippen molar-refractivity contribution in [2.24, 2.45) is 5.73 Å². The van der Waals surface area contributed by atoms with Crippen molar-refractivity contribution in [3.8, 4) is 5.75 Å². The zero-order valence-corrected chi connectivity index (χ0v) is 9.65. The van der Waals surface area contributed by atoms with Crippen molar-refractivity contribution in [1.29, 1.82) is 0 Å². The molecule has 0 saturated carbocycles. The minimum Gasteiger partial charge on any atom is -0.493 e. The molecule has 0 radical (unpaired) electrons. The van der Waals surface area contributed by atoms with Crippen LogP contribution in [0.25, 0.3) is 0 Å². The van der Waals surface area contributed by atoms with Crippen molar-refractivity contribution in [2.75, 3.05) is 24.7 Å². The van der Waals surface area contributed by atoms with Crippen molar-refractivity contribution >= 4 is 21.6 Å². The molecule has 0 fully saturated rings. The second-order valence-electron chi connectivity index (χ2n) is 2.59. The molecule has 1 rings (SSSR count). The summed E-state index contributed by atoms with van der Waals surface area (Å²) < 4.78 is 5.52. The van der Waals surface area contributed by atoms with Crippen molar-refractivity contribution in [3.05, 3.63) is 30.3 Å². The van der Waals surface area contributed by atoms with E-state index in [1.807, 2.05) is 41.1 Å². The molecular weight excluding hydrogens is 214 g/mol. The van der Waals surface area contributed by atoms with Crippen LogP contribution in [0.2, 0.25) is 0 Å². The second kappa shape index (κ2) is 8.03. The summed E-state index contributed by atoms with van der Waals surface area (Å²) in [4.78, 5) is 0. The fraction of sp³-hybridized carbons (Fsp3) is 0.400. The van der Waals surface area contributed by atoms with Gasteiger partial charge in [0.05, 0.1) is 6.61 Å². The predicted octanol–water partition coefficient (Wildman–Crippen LogP) is 2.41. The van der Waals surface area contributed by atoms with Crippen LogP contribution in [0, 0.1) is 0 Å². The molecule has 0 aliphatic carbocycles. The first kappa shape index (κ1) is 11.8. The van der Waals surface area contributed by atoms with E-state index in [-0.39, 0.29) is 0 Å². The first-order chi connectivity index (χ1) is 6.93. The van der Waals surface area contributed by atoms with E-state index in [2.05, 4.69) is 0 Å². The molecule has 0 aliphatic heterocycles. The fourth-order valence-electron chi connectivity index (χ4n) is 0.876. The number of ether oxygens (including phenoxy) is 1. The van der Waals surface area contributed by atoms with Gasteiger partial charge in [-0.25, -0.2) is 0 Å². The number of hydrogen-bond acceptors (Lipinski definition) is 4. The average Bonchev–Trinajstić information content (AvgIpc) is 2.25. The molecule has 0 aliphatic rings. The molecular formula is C10H15NOS2. The van der Waals surface area contributed by atoms with Gasteiger partial charge in [-0.15, -0.1) is 0 Å². The highest BCUT2D eigenvalue weighted by Gasteiger charge is 1.92. The molecule has 0 aromatic heterocycles. The summed E-state index contributed by atoms with van der Waals surface area (Å²) in [6.45, 7) is 1.50. The van der Waals surface area contributed by atoms with Gasteiger partial charge >= 0.3 is 0 Å². The molecule has 2 nitrogen and oxygen atoms in total. The van der Waals surface area contributed by atoms with Crippen molar-refractivity contribution in [1.82, 2.24) is 0 Å². The minimum absolute atomic E-state index is 0.747. The maximum atomic E-state index is 5.52. The molecule has 1 aromatic rings. The summed E-state index contributed by atoms with van der Waals surface area (Å²) in [5.41, 5.74) is 5.37. The van der Waals surface area contributed by atoms with Crippen LogP contribution in [0.15, 0.2) is 30.3 Å². The second-order valence-corrected chi connectivity index (χ2v) is 5.30. The van der Waals surface area contributed by atoms with Gasteiger partial charge in [-0.05, 0) is 12.1 Å². The lowest BCUT2D eigenvalue weighted by Gasteiger charge is -2.04. The van der Waals surface area contributed by atoms with E-state index in [1.54, 1.807) is 10.8 Å². The third kappa shape index (κ3) is 5.42. The Morgan fingerprint density at radius 1 is 1.07 bits per heavy atom.